The first-order valence-electron chi connectivity index (χ1n) is 8.56. The van der Waals surface area contributed by atoms with Crippen LogP contribution in [0.5, 0.6) is 0 Å². The van der Waals surface area contributed by atoms with Crippen LogP contribution in [0.15, 0.2) is 11.6 Å². The fourth-order valence-electron chi connectivity index (χ4n) is 3.38. The van der Waals surface area contributed by atoms with Gasteiger partial charge in [-0.3, -0.25) is 14.9 Å². The summed E-state index contributed by atoms with van der Waals surface area (Å²) in [7, 11) is 1.37. The van der Waals surface area contributed by atoms with Crippen molar-refractivity contribution in [1.82, 2.24) is 10.3 Å². The number of aromatic nitrogens is 1. The van der Waals surface area contributed by atoms with E-state index in [1.807, 2.05) is 26.2 Å². The van der Waals surface area contributed by atoms with Crippen LogP contribution in [0.25, 0.3) is 0 Å². The van der Waals surface area contributed by atoms with Crippen LogP contribution in [0.3, 0.4) is 0 Å². The number of hydrogen-bond acceptors (Lipinski definition) is 7. The third-order valence-corrected chi connectivity index (χ3v) is 5.03. The van der Waals surface area contributed by atoms with E-state index in [0.717, 1.165) is 5.01 Å². The van der Waals surface area contributed by atoms with E-state index in [4.69, 9.17) is 9.47 Å². The minimum Gasteiger partial charge on any atom is -0.469 e. The SMILES string of the molecule is COC(=O)[C@@H]1C[C@@](CC(C)C)(C(=O)OC(C)(C)C)N[C@H]1c1nccs1. The molecule has 2 heterocycles. The second-order valence-electron chi connectivity index (χ2n) is 8.01. The molecule has 0 spiro atoms. The summed E-state index contributed by atoms with van der Waals surface area (Å²) in [5.41, 5.74) is -1.51. The van der Waals surface area contributed by atoms with Crippen LogP contribution < -0.4 is 5.32 Å². The second-order valence-corrected chi connectivity index (χ2v) is 8.93. The molecule has 25 heavy (non-hydrogen) atoms. The Morgan fingerprint density at radius 3 is 2.60 bits per heavy atom. The molecule has 1 aliphatic heterocycles. The molecule has 1 fully saturated rings. The molecule has 0 aromatic carbocycles. The van der Waals surface area contributed by atoms with E-state index < -0.39 is 17.1 Å². The molecule has 0 aliphatic carbocycles. The Morgan fingerprint density at radius 1 is 1.44 bits per heavy atom. The zero-order valence-electron chi connectivity index (χ0n) is 15.8. The topological polar surface area (TPSA) is 77.5 Å². The van der Waals surface area contributed by atoms with E-state index in [9.17, 15) is 9.59 Å². The molecule has 7 heteroatoms. The molecular weight excluding hydrogens is 340 g/mol. The van der Waals surface area contributed by atoms with Crippen LogP contribution in [0, 0.1) is 11.8 Å². The first kappa shape index (κ1) is 19.8. The Balaban J connectivity index is 2.39. The largest absolute Gasteiger partial charge is 0.469 e. The van der Waals surface area contributed by atoms with Crippen molar-refractivity contribution in [3.8, 4) is 0 Å². The number of nitrogens with one attached hydrogen (secondary N) is 1. The molecule has 0 saturated carbocycles. The lowest BCUT2D eigenvalue weighted by atomic mass is 9.84. The van der Waals surface area contributed by atoms with Crippen LogP contribution >= 0.6 is 11.3 Å². The van der Waals surface area contributed by atoms with E-state index in [1.54, 1.807) is 6.20 Å². The fourth-order valence-corrected chi connectivity index (χ4v) is 4.14. The molecule has 1 aromatic rings. The summed E-state index contributed by atoms with van der Waals surface area (Å²) in [6.07, 6.45) is 2.63. The van der Waals surface area contributed by atoms with E-state index >= 15 is 0 Å². The zero-order chi connectivity index (χ0) is 18.8. The van der Waals surface area contributed by atoms with Gasteiger partial charge in [-0.2, -0.15) is 0 Å². The fraction of sp³-hybridized carbons (Fsp3) is 0.722. The monoisotopic (exact) mass is 368 g/mol. The van der Waals surface area contributed by atoms with E-state index in [-0.39, 0.29) is 23.9 Å². The van der Waals surface area contributed by atoms with Gasteiger partial charge in [0.15, 0.2) is 0 Å². The molecule has 3 atom stereocenters. The maximum Gasteiger partial charge on any atom is 0.326 e. The molecule has 2 rings (SSSR count). The third kappa shape index (κ3) is 4.58. The van der Waals surface area contributed by atoms with Crippen molar-refractivity contribution in [2.24, 2.45) is 11.8 Å². The number of ether oxygens (including phenoxy) is 2. The predicted octanol–water partition coefficient (Wildman–Crippen LogP) is 3.09. The van der Waals surface area contributed by atoms with Crippen molar-refractivity contribution in [2.75, 3.05) is 7.11 Å². The van der Waals surface area contributed by atoms with Crippen molar-refractivity contribution >= 4 is 23.3 Å². The Morgan fingerprint density at radius 2 is 2.12 bits per heavy atom. The number of hydrogen-bond donors (Lipinski definition) is 1. The maximum absolute atomic E-state index is 13.0. The number of rotatable bonds is 5. The summed E-state index contributed by atoms with van der Waals surface area (Å²) < 4.78 is 10.7. The van der Waals surface area contributed by atoms with Crippen LogP contribution in [-0.2, 0) is 19.1 Å². The standard InChI is InChI=1S/C18H28N2O4S/c1-11(2)9-18(16(22)24-17(3,4)5)10-12(15(21)23-6)13(20-18)14-19-7-8-25-14/h7-8,11-13,20H,9-10H2,1-6H3/t12-,13-,18+/m1/s1. The van der Waals surface area contributed by atoms with E-state index in [0.29, 0.717) is 12.8 Å². The van der Waals surface area contributed by atoms with E-state index in [1.165, 1.54) is 18.4 Å². The summed E-state index contributed by atoms with van der Waals surface area (Å²) in [5.74, 6) is -0.862. The Bertz CT molecular complexity index is 609. The molecule has 0 amide bonds. The highest BCUT2D eigenvalue weighted by Gasteiger charge is 2.55. The minimum absolute atomic E-state index is 0.258. The number of thiazole rings is 1. The van der Waals surface area contributed by atoms with Gasteiger partial charge in [0.1, 0.15) is 16.1 Å². The van der Waals surface area contributed by atoms with Crippen molar-refractivity contribution in [2.45, 2.75) is 64.6 Å². The molecule has 1 aliphatic rings. The van der Waals surface area contributed by atoms with Gasteiger partial charge in [-0.05, 0) is 39.5 Å². The summed E-state index contributed by atoms with van der Waals surface area (Å²) in [5, 5.41) is 6.04. The number of methoxy groups -OCH3 is 1. The number of carbonyl (C=O) groups is 2. The third-order valence-electron chi connectivity index (χ3n) is 4.17. The first-order chi connectivity index (χ1) is 11.6. The maximum atomic E-state index is 13.0. The summed E-state index contributed by atoms with van der Waals surface area (Å²) in [4.78, 5) is 29.7. The number of carbonyl (C=O) groups excluding carboxylic acids is 2. The van der Waals surface area contributed by atoms with Crippen LogP contribution in [0.1, 0.15) is 58.5 Å². The first-order valence-corrected chi connectivity index (χ1v) is 9.44. The van der Waals surface area contributed by atoms with Crippen molar-refractivity contribution in [3.63, 3.8) is 0 Å². The molecule has 140 valence electrons. The molecule has 0 unspecified atom stereocenters. The molecule has 6 nitrogen and oxygen atoms in total. The molecule has 0 bridgehead atoms. The van der Waals surface area contributed by atoms with Gasteiger partial charge in [0.2, 0.25) is 0 Å². The number of esters is 2. The van der Waals surface area contributed by atoms with Crippen LogP contribution in [0.4, 0.5) is 0 Å². The Kier molecular flexibility index (Phi) is 5.89. The molecule has 0 radical (unpaired) electrons. The zero-order valence-corrected chi connectivity index (χ0v) is 16.6. The Hall–Kier alpha value is -1.47. The predicted molar refractivity (Wildman–Crippen MR) is 96.1 cm³/mol. The van der Waals surface area contributed by atoms with Gasteiger partial charge in [-0.25, -0.2) is 4.98 Å². The van der Waals surface area contributed by atoms with Crippen molar-refractivity contribution in [1.29, 1.82) is 0 Å². The average Bonchev–Trinajstić information content (AvgIpc) is 3.11. The lowest BCUT2D eigenvalue weighted by Gasteiger charge is -2.33. The average molecular weight is 368 g/mol. The van der Waals surface area contributed by atoms with Gasteiger partial charge in [-0.1, -0.05) is 13.8 Å². The van der Waals surface area contributed by atoms with Gasteiger partial charge in [0.05, 0.1) is 19.1 Å². The quantitative estimate of drug-likeness (QED) is 0.805. The summed E-state index contributed by atoms with van der Waals surface area (Å²) in [6, 6.07) is -0.348. The molecule has 1 N–H and O–H groups in total. The molecule has 1 aromatic heterocycles. The van der Waals surface area contributed by atoms with Gasteiger partial charge in [0, 0.05) is 11.6 Å². The van der Waals surface area contributed by atoms with Crippen LogP contribution in [-0.4, -0.2) is 35.2 Å². The molecular formula is C18H28N2O4S. The van der Waals surface area contributed by atoms with E-state index in [2.05, 4.69) is 24.1 Å². The lowest BCUT2D eigenvalue weighted by Crippen LogP contribution is -2.52. The highest BCUT2D eigenvalue weighted by atomic mass is 32.1. The highest BCUT2D eigenvalue weighted by Crippen LogP contribution is 2.43. The molecule has 1 saturated heterocycles. The second kappa shape index (κ2) is 7.41. The highest BCUT2D eigenvalue weighted by molar-refractivity contribution is 7.09. The van der Waals surface area contributed by atoms with Crippen molar-refractivity contribution in [3.05, 3.63) is 16.6 Å². The normalized spacial score (nSPS) is 26.7. The lowest BCUT2D eigenvalue weighted by molar-refractivity contribution is -0.163. The van der Waals surface area contributed by atoms with Crippen molar-refractivity contribution < 1.29 is 19.1 Å². The number of nitrogens with zero attached hydrogens (tertiary/aromatic N) is 1. The van der Waals surface area contributed by atoms with Gasteiger partial charge >= 0.3 is 11.9 Å². The Labute approximate surface area is 153 Å². The van der Waals surface area contributed by atoms with Gasteiger partial charge in [-0.15, -0.1) is 11.3 Å². The summed E-state index contributed by atoms with van der Waals surface area (Å²) in [6.45, 7) is 9.65. The summed E-state index contributed by atoms with van der Waals surface area (Å²) >= 11 is 1.46. The minimum atomic E-state index is -0.920. The van der Waals surface area contributed by atoms with Gasteiger partial charge < -0.3 is 9.47 Å². The van der Waals surface area contributed by atoms with Crippen LogP contribution in [0.2, 0.25) is 0 Å². The van der Waals surface area contributed by atoms with Gasteiger partial charge in [0.25, 0.3) is 0 Å². The smallest absolute Gasteiger partial charge is 0.326 e.